The zero-order valence-electron chi connectivity index (χ0n) is 25.6. The lowest BCUT2D eigenvalue weighted by molar-refractivity contribution is -0.143. The van der Waals surface area contributed by atoms with Crippen molar-refractivity contribution in [2.24, 2.45) is 5.92 Å². The van der Waals surface area contributed by atoms with Crippen molar-refractivity contribution in [2.45, 2.75) is 124 Å². The summed E-state index contributed by atoms with van der Waals surface area (Å²) in [5.74, 6) is 2.15. The van der Waals surface area contributed by atoms with E-state index in [1.54, 1.807) is 37.8 Å². The van der Waals surface area contributed by atoms with Gasteiger partial charge in [-0.3, -0.25) is 9.59 Å². The van der Waals surface area contributed by atoms with Crippen LogP contribution in [0.3, 0.4) is 0 Å². The van der Waals surface area contributed by atoms with E-state index in [2.05, 4.69) is 23.5 Å². The number of carbonyl (C=O) groups is 3. The summed E-state index contributed by atoms with van der Waals surface area (Å²) in [5, 5.41) is 5.85. The SMILES string of the molecule is C#Cc1ccccc1C(C(=O)NC(C)(C)C)N(CCCCCCC)C(=O)C(CC(C)C)NC(=O)OC(C)(C)C. The normalized spacial score (nSPS) is 13.3. The Hall–Kier alpha value is -3.01. The molecule has 218 valence electrons. The molecule has 2 N–H and O–H groups in total. The summed E-state index contributed by atoms with van der Waals surface area (Å²) < 4.78 is 5.47. The summed E-state index contributed by atoms with van der Waals surface area (Å²) in [6.45, 7) is 17.5. The van der Waals surface area contributed by atoms with Crippen LogP contribution in [0.4, 0.5) is 4.79 Å². The highest BCUT2D eigenvalue weighted by molar-refractivity contribution is 5.92. The van der Waals surface area contributed by atoms with Crippen LogP contribution < -0.4 is 10.6 Å². The predicted molar refractivity (Wildman–Crippen MR) is 158 cm³/mol. The lowest BCUT2D eigenvalue weighted by Gasteiger charge is -2.36. The second-order valence-corrected chi connectivity index (χ2v) is 12.6. The van der Waals surface area contributed by atoms with E-state index in [1.807, 2.05) is 46.8 Å². The van der Waals surface area contributed by atoms with Crippen LogP contribution in [0.2, 0.25) is 0 Å². The van der Waals surface area contributed by atoms with E-state index in [0.29, 0.717) is 24.1 Å². The molecule has 0 aliphatic carbocycles. The Balaban J connectivity index is 3.60. The highest BCUT2D eigenvalue weighted by Crippen LogP contribution is 2.28. The van der Waals surface area contributed by atoms with Gasteiger partial charge in [0.05, 0.1) is 0 Å². The molecule has 0 spiro atoms. The summed E-state index contributed by atoms with van der Waals surface area (Å²) in [5.41, 5.74) is -0.0994. The molecule has 0 aliphatic rings. The van der Waals surface area contributed by atoms with Crippen LogP contribution in [0.1, 0.15) is 118 Å². The molecule has 0 bridgehead atoms. The smallest absolute Gasteiger partial charge is 0.408 e. The van der Waals surface area contributed by atoms with E-state index >= 15 is 0 Å². The van der Waals surface area contributed by atoms with Crippen molar-refractivity contribution in [2.75, 3.05) is 6.54 Å². The largest absolute Gasteiger partial charge is 0.444 e. The number of terminal acetylenes is 1. The van der Waals surface area contributed by atoms with Crippen LogP contribution in [0.15, 0.2) is 24.3 Å². The Labute approximate surface area is 236 Å². The van der Waals surface area contributed by atoms with Crippen molar-refractivity contribution in [1.82, 2.24) is 15.5 Å². The number of hydrogen-bond donors (Lipinski definition) is 2. The lowest BCUT2D eigenvalue weighted by Crippen LogP contribution is -2.55. The Morgan fingerprint density at radius 1 is 1.00 bits per heavy atom. The van der Waals surface area contributed by atoms with Crippen molar-refractivity contribution in [1.29, 1.82) is 0 Å². The Bertz CT molecular complexity index is 982. The maximum Gasteiger partial charge on any atom is 0.408 e. The molecule has 1 aromatic rings. The van der Waals surface area contributed by atoms with Crippen LogP contribution in [0.5, 0.6) is 0 Å². The van der Waals surface area contributed by atoms with Crippen molar-refractivity contribution in [3.8, 4) is 12.3 Å². The number of rotatable bonds is 13. The fourth-order valence-electron chi connectivity index (χ4n) is 4.35. The van der Waals surface area contributed by atoms with Gasteiger partial charge in [-0.15, -0.1) is 6.42 Å². The lowest BCUT2D eigenvalue weighted by atomic mass is 9.95. The number of benzene rings is 1. The predicted octanol–water partition coefficient (Wildman–Crippen LogP) is 6.36. The average Bonchev–Trinajstić information content (AvgIpc) is 2.79. The fraction of sp³-hybridized carbons (Fsp3) is 0.656. The van der Waals surface area contributed by atoms with Crippen LogP contribution in [0.25, 0.3) is 0 Å². The van der Waals surface area contributed by atoms with Gasteiger partial charge in [-0.25, -0.2) is 4.79 Å². The van der Waals surface area contributed by atoms with Gasteiger partial charge in [-0.1, -0.05) is 70.6 Å². The number of amides is 3. The van der Waals surface area contributed by atoms with E-state index in [1.165, 1.54) is 0 Å². The van der Waals surface area contributed by atoms with Crippen molar-refractivity contribution in [3.63, 3.8) is 0 Å². The zero-order valence-corrected chi connectivity index (χ0v) is 25.6. The van der Waals surface area contributed by atoms with E-state index in [0.717, 1.165) is 32.1 Å². The number of nitrogens with one attached hydrogen (secondary N) is 2. The molecule has 0 saturated heterocycles. The average molecular weight is 542 g/mol. The summed E-state index contributed by atoms with van der Waals surface area (Å²) in [6.07, 6.45) is 10.5. The van der Waals surface area contributed by atoms with Crippen LogP contribution in [0, 0.1) is 18.3 Å². The number of ether oxygens (including phenoxy) is 1. The van der Waals surface area contributed by atoms with E-state index in [4.69, 9.17) is 11.2 Å². The Kier molecular flexibility index (Phi) is 13.6. The van der Waals surface area contributed by atoms with Gasteiger partial charge in [0.2, 0.25) is 11.8 Å². The van der Waals surface area contributed by atoms with E-state index in [9.17, 15) is 14.4 Å². The van der Waals surface area contributed by atoms with Gasteiger partial charge in [0.1, 0.15) is 17.7 Å². The second-order valence-electron chi connectivity index (χ2n) is 12.6. The minimum absolute atomic E-state index is 0.111. The highest BCUT2D eigenvalue weighted by Gasteiger charge is 2.38. The first-order chi connectivity index (χ1) is 18.1. The maximum atomic E-state index is 14.3. The molecular formula is C32H51N3O4. The molecule has 1 aromatic carbocycles. The number of nitrogens with zero attached hydrogens (tertiary/aromatic N) is 1. The monoisotopic (exact) mass is 541 g/mol. The molecule has 39 heavy (non-hydrogen) atoms. The molecule has 0 fully saturated rings. The van der Waals surface area contributed by atoms with Crippen molar-refractivity contribution >= 4 is 17.9 Å². The highest BCUT2D eigenvalue weighted by atomic mass is 16.6. The third kappa shape index (κ3) is 12.6. The first-order valence-corrected chi connectivity index (χ1v) is 14.3. The summed E-state index contributed by atoms with van der Waals surface area (Å²) in [6, 6.07) is 5.41. The molecule has 2 unspecified atom stereocenters. The maximum absolute atomic E-state index is 14.3. The fourth-order valence-corrected chi connectivity index (χ4v) is 4.35. The van der Waals surface area contributed by atoms with Gasteiger partial charge >= 0.3 is 6.09 Å². The van der Waals surface area contributed by atoms with Crippen molar-refractivity contribution in [3.05, 3.63) is 35.4 Å². The number of alkyl carbamates (subject to hydrolysis) is 1. The van der Waals surface area contributed by atoms with Gasteiger partial charge in [0.15, 0.2) is 0 Å². The van der Waals surface area contributed by atoms with Gasteiger partial charge in [0.25, 0.3) is 0 Å². The van der Waals surface area contributed by atoms with Gasteiger partial charge < -0.3 is 20.3 Å². The zero-order chi connectivity index (χ0) is 29.8. The minimum Gasteiger partial charge on any atom is -0.444 e. The van der Waals surface area contributed by atoms with Gasteiger partial charge in [-0.05, 0) is 71.9 Å². The van der Waals surface area contributed by atoms with Crippen LogP contribution in [-0.2, 0) is 14.3 Å². The second kappa shape index (κ2) is 15.5. The molecule has 0 heterocycles. The van der Waals surface area contributed by atoms with Crippen LogP contribution >= 0.6 is 0 Å². The van der Waals surface area contributed by atoms with Gasteiger partial charge in [-0.2, -0.15) is 0 Å². The Morgan fingerprint density at radius 3 is 2.15 bits per heavy atom. The van der Waals surface area contributed by atoms with Gasteiger partial charge in [0, 0.05) is 17.6 Å². The third-order valence-electron chi connectivity index (χ3n) is 5.95. The van der Waals surface area contributed by atoms with Crippen LogP contribution in [-0.4, -0.2) is 46.5 Å². The molecule has 7 heteroatoms. The first-order valence-electron chi connectivity index (χ1n) is 14.3. The molecule has 0 saturated carbocycles. The molecule has 7 nitrogen and oxygen atoms in total. The van der Waals surface area contributed by atoms with E-state index in [-0.39, 0.29) is 17.7 Å². The summed E-state index contributed by atoms with van der Waals surface area (Å²) >= 11 is 0. The summed E-state index contributed by atoms with van der Waals surface area (Å²) in [4.78, 5) is 42.6. The molecule has 0 aromatic heterocycles. The number of hydrogen-bond acceptors (Lipinski definition) is 4. The molecular weight excluding hydrogens is 490 g/mol. The standard InChI is InChI=1S/C32H51N3O4/c1-11-13-14-15-18-21-35(29(37)26(22-23(3)4)33-30(38)39-32(8,9)10)27(28(36)34-31(5,6)7)25-20-17-16-19-24(25)12-2/h2,16-17,19-20,23,26-27H,11,13-15,18,21-22H2,1,3-10H3,(H,33,38)(H,34,36). The first kappa shape index (κ1) is 34.0. The Morgan fingerprint density at radius 2 is 1.62 bits per heavy atom. The molecule has 0 radical (unpaired) electrons. The topological polar surface area (TPSA) is 87.7 Å². The molecule has 2 atom stereocenters. The number of carbonyl (C=O) groups excluding carboxylic acids is 3. The van der Waals surface area contributed by atoms with Crippen molar-refractivity contribution < 1.29 is 19.1 Å². The molecule has 0 aliphatic heterocycles. The third-order valence-corrected chi connectivity index (χ3v) is 5.95. The minimum atomic E-state index is -0.953. The molecule has 1 rings (SSSR count). The summed E-state index contributed by atoms with van der Waals surface area (Å²) in [7, 11) is 0. The number of unbranched alkanes of at least 4 members (excludes halogenated alkanes) is 4. The quantitative estimate of drug-likeness (QED) is 0.225. The van der Waals surface area contributed by atoms with E-state index < -0.39 is 29.3 Å². The molecule has 3 amide bonds.